The van der Waals surface area contributed by atoms with Crippen molar-refractivity contribution in [1.82, 2.24) is 10.2 Å². The van der Waals surface area contributed by atoms with Crippen LogP contribution in [0.4, 0.5) is 0 Å². The van der Waals surface area contributed by atoms with Crippen LogP contribution in [0.25, 0.3) is 0 Å². The number of ether oxygens (including phenoxy) is 2. The highest BCUT2D eigenvalue weighted by Crippen LogP contribution is 2.13. The monoisotopic (exact) mass is 258 g/mol. The van der Waals surface area contributed by atoms with E-state index in [2.05, 4.69) is 24.1 Å². The van der Waals surface area contributed by atoms with Gasteiger partial charge in [0.1, 0.15) is 0 Å². The fourth-order valence-electron chi connectivity index (χ4n) is 2.42. The van der Waals surface area contributed by atoms with E-state index in [0.29, 0.717) is 25.3 Å². The van der Waals surface area contributed by atoms with E-state index in [1.54, 1.807) is 7.11 Å². The molecule has 0 amide bonds. The molecule has 18 heavy (non-hydrogen) atoms. The Balaban J connectivity index is 2.05. The topological polar surface area (TPSA) is 33.7 Å². The molecule has 1 aliphatic heterocycles. The third kappa shape index (κ3) is 6.69. The average molecular weight is 258 g/mol. The molecule has 0 aliphatic carbocycles. The number of methoxy groups -OCH3 is 1. The minimum atomic E-state index is 0.666. The predicted octanol–water partition coefficient (Wildman–Crippen LogP) is 1.50. The lowest BCUT2D eigenvalue weighted by Crippen LogP contribution is -2.35. The molecular weight excluding hydrogens is 228 g/mol. The molecule has 1 rings (SSSR count). The first-order valence-corrected chi connectivity index (χ1v) is 7.28. The Morgan fingerprint density at radius 1 is 1.17 bits per heavy atom. The molecule has 0 saturated carbocycles. The summed E-state index contributed by atoms with van der Waals surface area (Å²) in [6, 6.07) is 1.35. The Morgan fingerprint density at radius 3 is 2.72 bits per heavy atom. The molecule has 1 unspecified atom stereocenters. The summed E-state index contributed by atoms with van der Waals surface area (Å²) in [6.45, 7) is 10.2. The van der Waals surface area contributed by atoms with Crippen molar-refractivity contribution in [2.75, 3.05) is 46.6 Å². The van der Waals surface area contributed by atoms with E-state index >= 15 is 0 Å². The van der Waals surface area contributed by atoms with Crippen LogP contribution in [-0.4, -0.2) is 63.5 Å². The summed E-state index contributed by atoms with van der Waals surface area (Å²) in [5, 5.41) is 3.61. The van der Waals surface area contributed by atoms with Gasteiger partial charge in [0, 0.05) is 25.7 Å². The van der Waals surface area contributed by atoms with E-state index in [-0.39, 0.29) is 0 Å². The fraction of sp³-hybridized carbons (Fsp3) is 1.00. The van der Waals surface area contributed by atoms with Gasteiger partial charge >= 0.3 is 0 Å². The van der Waals surface area contributed by atoms with Crippen LogP contribution in [0.15, 0.2) is 0 Å². The molecule has 1 aliphatic rings. The number of nitrogens with zero attached hydrogens (tertiary/aromatic N) is 1. The van der Waals surface area contributed by atoms with Gasteiger partial charge in [0.15, 0.2) is 0 Å². The SMILES string of the molecule is COCCOCCNC1CCCN(C(C)C)CC1. The van der Waals surface area contributed by atoms with E-state index in [0.717, 1.165) is 13.2 Å². The molecule has 0 aromatic carbocycles. The maximum atomic E-state index is 5.46. The van der Waals surface area contributed by atoms with E-state index < -0.39 is 0 Å². The number of likely N-dealkylation sites (tertiary alicyclic amines) is 1. The van der Waals surface area contributed by atoms with Crippen LogP contribution in [0.2, 0.25) is 0 Å². The van der Waals surface area contributed by atoms with Gasteiger partial charge in [-0.05, 0) is 46.2 Å². The zero-order valence-electron chi connectivity index (χ0n) is 12.3. The lowest BCUT2D eigenvalue weighted by atomic mass is 10.1. The zero-order valence-corrected chi connectivity index (χ0v) is 12.3. The molecule has 0 aromatic rings. The molecule has 1 fully saturated rings. The number of hydrogen-bond donors (Lipinski definition) is 1. The van der Waals surface area contributed by atoms with Gasteiger partial charge < -0.3 is 19.7 Å². The highest BCUT2D eigenvalue weighted by atomic mass is 16.5. The van der Waals surface area contributed by atoms with Gasteiger partial charge in [-0.3, -0.25) is 0 Å². The summed E-state index contributed by atoms with van der Waals surface area (Å²) in [4.78, 5) is 2.58. The molecule has 0 spiro atoms. The van der Waals surface area contributed by atoms with E-state index in [4.69, 9.17) is 9.47 Å². The van der Waals surface area contributed by atoms with E-state index in [1.165, 1.54) is 32.4 Å². The standard InChI is InChI=1S/C14H30N2O2/c1-13(2)16-8-4-5-14(6-9-16)15-7-10-18-12-11-17-3/h13-15H,4-12H2,1-3H3. The molecule has 1 atom stereocenters. The van der Waals surface area contributed by atoms with Crippen LogP contribution in [-0.2, 0) is 9.47 Å². The van der Waals surface area contributed by atoms with Gasteiger partial charge in [-0.1, -0.05) is 0 Å². The van der Waals surface area contributed by atoms with Crippen LogP contribution < -0.4 is 5.32 Å². The van der Waals surface area contributed by atoms with Gasteiger partial charge in [-0.15, -0.1) is 0 Å². The van der Waals surface area contributed by atoms with Crippen LogP contribution in [0.1, 0.15) is 33.1 Å². The number of hydrogen-bond acceptors (Lipinski definition) is 4. The van der Waals surface area contributed by atoms with Crippen molar-refractivity contribution >= 4 is 0 Å². The molecule has 4 heteroatoms. The third-order valence-corrected chi connectivity index (χ3v) is 3.60. The smallest absolute Gasteiger partial charge is 0.0700 e. The van der Waals surface area contributed by atoms with Crippen LogP contribution in [0, 0.1) is 0 Å². The molecule has 108 valence electrons. The Bertz CT molecular complexity index is 200. The predicted molar refractivity (Wildman–Crippen MR) is 75.0 cm³/mol. The highest BCUT2D eigenvalue weighted by molar-refractivity contribution is 4.76. The van der Waals surface area contributed by atoms with Crippen molar-refractivity contribution in [3.05, 3.63) is 0 Å². The Labute approximate surface area is 112 Å². The van der Waals surface area contributed by atoms with Crippen LogP contribution in [0.5, 0.6) is 0 Å². The highest BCUT2D eigenvalue weighted by Gasteiger charge is 2.17. The summed E-state index contributed by atoms with van der Waals surface area (Å²) in [7, 11) is 1.70. The molecule has 1 heterocycles. The molecule has 0 bridgehead atoms. The molecule has 1 saturated heterocycles. The molecule has 1 N–H and O–H groups in total. The van der Waals surface area contributed by atoms with Crippen molar-refractivity contribution < 1.29 is 9.47 Å². The van der Waals surface area contributed by atoms with Crippen LogP contribution in [0.3, 0.4) is 0 Å². The summed E-state index contributed by atoms with van der Waals surface area (Å²) in [6.07, 6.45) is 3.86. The second kappa shape index (κ2) is 9.73. The van der Waals surface area contributed by atoms with E-state index in [9.17, 15) is 0 Å². The normalized spacial score (nSPS) is 22.3. The van der Waals surface area contributed by atoms with Gasteiger partial charge in [0.2, 0.25) is 0 Å². The molecule has 0 aromatic heterocycles. The average Bonchev–Trinajstić information content (AvgIpc) is 2.59. The van der Waals surface area contributed by atoms with Crippen molar-refractivity contribution in [2.45, 2.75) is 45.2 Å². The Hall–Kier alpha value is -0.160. The maximum absolute atomic E-state index is 5.46. The van der Waals surface area contributed by atoms with Crippen molar-refractivity contribution in [1.29, 1.82) is 0 Å². The second-order valence-electron chi connectivity index (χ2n) is 5.32. The summed E-state index contributed by atoms with van der Waals surface area (Å²) >= 11 is 0. The minimum absolute atomic E-state index is 0.666. The lowest BCUT2D eigenvalue weighted by molar-refractivity contribution is 0.0708. The summed E-state index contributed by atoms with van der Waals surface area (Å²) < 4.78 is 10.4. The zero-order chi connectivity index (χ0) is 13.2. The molecule has 4 nitrogen and oxygen atoms in total. The summed E-state index contributed by atoms with van der Waals surface area (Å²) in [5.41, 5.74) is 0. The number of nitrogens with one attached hydrogen (secondary N) is 1. The lowest BCUT2D eigenvalue weighted by Gasteiger charge is -2.24. The molecule has 0 radical (unpaired) electrons. The van der Waals surface area contributed by atoms with Crippen molar-refractivity contribution in [2.24, 2.45) is 0 Å². The minimum Gasteiger partial charge on any atom is -0.382 e. The van der Waals surface area contributed by atoms with Crippen molar-refractivity contribution in [3.63, 3.8) is 0 Å². The summed E-state index contributed by atoms with van der Waals surface area (Å²) in [5.74, 6) is 0. The first kappa shape index (κ1) is 15.9. The quantitative estimate of drug-likeness (QED) is 0.669. The van der Waals surface area contributed by atoms with E-state index in [1.807, 2.05) is 0 Å². The first-order valence-electron chi connectivity index (χ1n) is 7.28. The fourth-order valence-corrected chi connectivity index (χ4v) is 2.42. The van der Waals surface area contributed by atoms with Gasteiger partial charge in [0.25, 0.3) is 0 Å². The van der Waals surface area contributed by atoms with Crippen molar-refractivity contribution in [3.8, 4) is 0 Å². The van der Waals surface area contributed by atoms with Gasteiger partial charge in [-0.25, -0.2) is 0 Å². The van der Waals surface area contributed by atoms with Gasteiger partial charge in [-0.2, -0.15) is 0 Å². The Morgan fingerprint density at radius 2 is 2.00 bits per heavy atom. The molecular formula is C14H30N2O2. The third-order valence-electron chi connectivity index (χ3n) is 3.60. The second-order valence-corrected chi connectivity index (χ2v) is 5.32. The first-order chi connectivity index (χ1) is 8.74. The van der Waals surface area contributed by atoms with Crippen LogP contribution >= 0.6 is 0 Å². The van der Waals surface area contributed by atoms with Gasteiger partial charge in [0.05, 0.1) is 19.8 Å². The largest absolute Gasteiger partial charge is 0.382 e. The maximum Gasteiger partial charge on any atom is 0.0700 e. The number of rotatable bonds is 8. The Kier molecular flexibility index (Phi) is 8.59.